The summed E-state index contributed by atoms with van der Waals surface area (Å²) in [5.41, 5.74) is 5.96. The second kappa shape index (κ2) is 10.6. The molecule has 1 aliphatic heterocycles. The van der Waals surface area contributed by atoms with Crippen molar-refractivity contribution in [1.29, 1.82) is 5.26 Å². The molecule has 3 rings (SSSR count). The number of halogens is 3. The zero-order chi connectivity index (χ0) is 26.0. The van der Waals surface area contributed by atoms with Gasteiger partial charge in [0.15, 0.2) is 6.19 Å². The molecule has 1 fully saturated rings. The lowest BCUT2D eigenvalue weighted by Crippen LogP contribution is -2.67. The van der Waals surface area contributed by atoms with Crippen LogP contribution in [-0.4, -0.2) is 53.0 Å². The zero-order valence-corrected chi connectivity index (χ0v) is 22.5. The van der Waals surface area contributed by atoms with Gasteiger partial charge in [0.1, 0.15) is 6.04 Å². The van der Waals surface area contributed by atoms with E-state index in [2.05, 4.69) is 9.82 Å². The van der Waals surface area contributed by atoms with Gasteiger partial charge in [-0.1, -0.05) is 52.6 Å². The van der Waals surface area contributed by atoms with Gasteiger partial charge >= 0.3 is 0 Å². The van der Waals surface area contributed by atoms with Crippen molar-refractivity contribution in [2.75, 3.05) is 13.1 Å². The highest BCUT2D eigenvalue weighted by Gasteiger charge is 2.55. The Labute approximate surface area is 220 Å². The monoisotopic (exact) mass is 561 g/mol. The maximum atomic E-state index is 13.8. The van der Waals surface area contributed by atoms with Crippen LogP contribution in [0.4, 0.5) is 5.69 Å². The summed E-state index contributed by atoms with van der Waals surface area (Å²) in [5, 5.41) is 22.0. The van der Waals surface area contributed by atoms with Gasteiger partial charge < -0.3 is 10.8 Å². The predicted octanol–water partition coefficient (Wildman–Crippen LogP) is 4.07. The van der Waals surface area contributed by atoms with Crippen LogP contribution < -0.4 is 10.6 Å². The van der Waals surface area contributed by atoms with Crippen molar-refractivity contribution in [2.24, 2.45) is 10.7 Å². The molecule has 1 saturated heterocycles. The van der Waals surface area contributed by atoms with Gasteiger partial charge in [-0.15, -0.1) is 0 Å². The Balaban J connectivity index is 2.06. The number of rotatable bonds is 7. The number of nitrogens with two attached hydrogens (primary N) is 1. The van der Waals surface area contributed by atoms with Crippen LogP contribution in [0.5, 0.6) is 0 Å². The summed E-state index contributed by atoms with van der Waals surface area (Å²) in [6, 6.07) is 4.74. The van der Waals surface area contributed by atoms with Crippen LogP contribution in [0.1, 0.15) is 39.5 Å². The summed E-state index contributed by atoms with van der Waals surface area (Å²) >= 11 is 18.4. The minimum Gasteiger partial charge on any atom is -0.368 e. The molecule has 3 unspecified atom stereocenters. The number of nitriles is 1. The van der Waals surface area contributed by atoms with Crippen molar-refractivity contribution in [3.8, 4) is 6.19 Å². The number of guanidine groups is 1. The third kappa shape index (κ3) is 5.18. The van der Waals surface area contributed by atoms with Gasteiger partial charge in [0.05, 0.1) is 34.5 Å². The van der Waals surface area contributed by atoms with Crippen LogP contribution in [0, 0.1) is 11.5 Å². The molecule has 1 heterocycles. The quantitative estimate of drug-likeness (QED) is 0.151. The molecule has 190 valence electrons. The van der Waals surface area contributed by atoms with E-state index in [1.807, 2.05) is 20.0 Å². The zero-order valence-electron chi connectivity index (χ0n) is 19.4. The SMILES string of the molecule is CCC1CCC[N+]1(CC)NS(=O)(=O)C1(O)CC(Cl)=CC=C1N(C#N)C(N)=Nc1cccc(Cl)c1Cl. The minimum atomic E-state index is -4.50. The average molecular weight is 563 g/mol. The smallest absolute Gasteiger partial charge is 0.289 e. The Bertz CT molecular complexity index is 1230. The van der Waals surface area contributed by atoms with Gasteiger partial charge in [-0.3, -0.25) is 0 Å². The van der Waals surface area contributed by atoms with E-state index in [0.29, 0.717) is 13.1 Å². The summed E-state index contributed by atoms with van der Waals surface area (Å²) in [4.78, 5) is 5.04. The fourth-order valence-corrected chi connectivity index (χ4v) is 7.10. The molecule has 1 aliphatic carbocycles. The fraction of sp³-hybridized carbons (Fsp3) is 0.455. The number of aliphatic imine (C=N–C) groups is 1. The fourth-order valence-electron chi connectivity index (χ4n) is 4.65. The molecule has 35 heavy (non-hydrogen) atoms. The number of likely N-dealkylation sites (tertiary alicyclic amines) is 1. The van der Waals surface area contributed by atoms with Gasteiger partial charge in [-0.05, 0) is 37.6 Å². The van der Waals surface area contributed by atoms with Crippen LogP contribution in [0.15, 0.2) is 46.1 Å². The Kier molecular flexibility index (Phi) is 8.44. The first kappa shape index (κ1) is 27.7. The molecule has 0 aromatic heterocycles. The first-order chi connectivity index (χ1) is 16.4. The molecule has 1 aromatic carbocycles. The number of quaternary nitrogens is 1. The predicted molar refractivity (Wildman–Crippen MR) is 138 cm³/mol. The summed E-state index contributed by atoms with van der Waals surface area (Å²) < 4.78 is 27.7. The van der Waals surface area contributed by atoms with Crippen molar-refractivity contribution in [2.45, 2.75) is 50.5 Å². The van der Waals surface area contributed by atoms with Gasteiger partial charge in [-0.25, -0.2) is 22.9 Å². The van der Waals surface area contributed by atoms with Crippen molar-refractivity contribution < 1.29 is 18.1 Å². The summed E-state index contributed by atoms with van der Waals surface area (Å²) in [7, 11) is -4.50. The average Bonchev–Trinajstić information content (AvgIpc) is 3.21. The van der Waals surface area contributed by atoms with E-state index >= 15 is 0 Å². The number of sulfonamides is 1. The molecule has 2 aliphatic rings. The highest BCUT2D eigenvalue weighted by Crippen LogP contribution is 2.39. The topological polar surface area (TPSA) is 132 Å². The molecule has 1 aromatic rings. The largest absolute Gasteiger partial charge is 0.368 e. The highest BCUT2D eigenvalue weighted by atomic mass is 35.5. The van der Waals surface area contributed by atoms with Gasteiger partial charge in [0.25, 0.3) is 10.0 Å². The third-order valence-electron chi connectivity index (χ3n) is 6.54. The van der Waals surface area contributed by atoms with Crippen LogP contribution in [-0.2, 0) is 10.0 Å². The highest BCUT2D eigenvalue weighted by molar-refractivity contribution is 7.90. The molecular formula is C22H28Cl3N6O3S+. The Morgan fingerprint density at radius 1 is 1.37 bits per heavy atom. The van der Waals surface area contributed by atoms with Crippen LogP contribution >= 0.6 is 34.8 Å². The number of benzene rings is 1. The van der Waals surface area contributed by atoms with E-state index in [-0.39, 0.29) is 37.1 Å². The van der Waals surface area contributed by atoms with Crippen molar-refractivity contribution >= 4 is 56.5 Å². The van der Waals surface area contributed by atoms with E-state index in [4.69, 9.17) is 40.5 Å². The number of hydrogen-bond acceptors (Lipinski definition) is 5. The van der Waals surface area contributed by atoms with Gasteiger partial charge in [-0.2, -0.15) is 5.26 Å². The second-order valence-corrected chi connectivity index (χ2v) is 11.6. The molecule has 9 nitrogen and oxygen atoms in total. The van der Waals surface area contributed by atoms with E-state index in [1.165, 1.54) is 18.2 Å². The normalized spacial score (nSPS) is 27.2. The molecule has 0 spiro atoms. The Hall–Kier alpha value is -1.84. The third-order valence-corrected chi connectivity index (χ3v) is 9.46. The van der Waals surface area contributed by atoms with Crippen molar-refractivity contribution in [3.63, 3.8) is 0 Å². The van der Waals surface area contributed by atoms with Crippen LogP contribution in [0.25, 0.3) is 0 Å². The number of hydrogen-bond donors (Lipinski definition) is 3. The lowest BCUT2D eigenvalue weighted by molar-refractivity contribution is -0.966. The number of allylic oxidation sites excluding steroid dienone is 2. The van der Waals surface area contributed by atoms with Crippen LogP contribution in [0.2, 0.25) is 10.0 Å². The van der Waals surface area contributed by atoms with Gasteiger partial charge in [0.2, 0.25) is 10.9 Å². The summed E-state index contributed by atoms with van der Waals surface area (Å²) in [5.74, 6) is -0.407. The van der Waals surface area contributed by atoms with E-state index in [0.717, 1.165) is 24.2 Å². The minimum absolute atomic E-state index is 0.0593. The number of aliphatic hydroxyl groups is 1. The van der Waals surface area contributed by atoms with E-state index in [1.54, 1.807) is 12.1 Å². The Morgan fingerprint density at radius 2 is 2.09 bits per heavy atom. The molecule has 0 bridgehead atoms. The van der Waals surface area contributed by atoms with Crippen LogP contribution in [0.3, 0.4) is 0 Å². The van der Waals surface area contributed by atoms with E-state index < -0.39 is 27.3 Å². The molecule has 0 radical (unpaired) electrons. The van der Waals surface area contributed by atoms with E-state index in [9.17, 15) is 18.8 Å². The molecular weight excluding hydrogens is 535 g/mol. The van der Waals surface area contributed by atoms with Gasteiger partial charge in [0, 0.05) is 24.3 Å². The lowest BCUT2D eigenvalue weighted by Gasteiger charge is -2.42. The van der Waals surface area contributed by atoms with Crippen molar-refractivity contribution in [3.05, 3.63) is 51.1 Å². The summed E-state index contributed by atoms with van der Waals surface area (Å²) in [6.07, 6.45) is 6.46. The summed E-state index contributed by atoms with van der Waals surface area (Å²) in [6.45, 7) is 4.98. The molecule has 13 heteroatoms. The first-order valence-corrected chi connectivity index (χ1v) is 13.7. The molecule has 0 amide bonds. The number of nitrogens with zero attached hydrogens (tertiary/aromatic N) is 4. The maximum Gasteiger partial charge on any atom is 0.289 e. The maximum absolute atomic E-state index is 13.8. The second-order valence-electron chi connectivity index (χ2n) is 8.48. The van der Waals surface area contributed by atoms with Crippen molar-refractivity contribution in [1.82, 2.24) is 9.73 Å². The molecule has 4 N–H and O–H groups in total. The standard InChI is InChI=1S/C22H28Cl3N6O3S/c1-3-16-7-6-12-31(16,4-2)29-35(33,34)22(32)13-15(23)10-11-19(22)30(14-26)21(27)28-18-9-5-8-17(24)20(18)25/h5,8-11,16,29,32H,3-4,6-7,12-13H2,1-2H3,(H2,27,28)/q+1. The Morgan fingerprint density at radius 3 is 2.71 bits per heavy atom. The molecule has 3 atom stereocenters. The molecule has 0 saturated carbocycles. The number of nitrogens with one attached hydrogen (secondary N) is 1. The first-order valence-electron chi connectivity index (χ1n) is 11.1. The lowest BCUT2D eigenvalue weighted by atomic mass is 10.1.